The summed E-state index contributed by atoms with van der Waals surface area (Å²) in [7, 11) is 0. The van der Waals surface area contributed by atoms with E-state index < -0.39 is 0 Å². The van der Waals surface area contributed by atoms with Crippen LogP contribution in [-0.2, 0) is 0 Å². The van der Waals surface area contributed by atoms with Gasteiger partial charge in [0.2, 0.25) is 5.82 Å². The van der Waals surface area contributed by atoms with E-state index in [9.17, 15) is 0 Å². The number of benzene rings is 1. The summed E-state index contributed by atoms with van der Waals surface area (Å²) in [6.45, 7) is 0. The highest BCUT2D eigenvalue weighted by atomic mass is 16.3. The maximum absolute atomic E-state index is 5.46. The molecule has 0 radical (unpaired) electrons. The number of aromatic nitrogens is 4. The largest absolute Gasteiger partial charge is 0.433 e. The van der Waals surface area contributed by atoms with E-state index >= 15 is 0 Å². The number of oxazole rings is 1. The fourth-order valence-corrected chi connectivity index (χ4v) is 1.28. The third-order valence-corrected chi connectivity index (χ3v) is 1.90. The van der Waals surface area contributed by atoms with Gasteiger partial charge in [-0.05, 0) is 12.1 Å². The zero-order valence-electron chi connectivity index (χ0n) is 7.14. The predicted octanol–water partition coefficient (Wildman–Crippen LogP) is 1.61. The fourth-order valence-electron chi connectivity index (χ4n) is 1.28. The summed E-state index contributed by atoms with van der Waals surface area (Å²) in [5, 5.41) is 6.50. The van der Waals surface area contributed by atoms with Crippen molar-refractivity contribution in [2.45, 2.75) is 0 Å². The van der Waals surface area contributed by atoms with Crippen LogP contribution in [0.1, 0.15) is 0 Å². The lowest BCUT2D eigenvalue weighted by molar-refractivity contribution is 0.613. The zero-order valence-corrected chi connectivity index (χ0v) is 7.14. The van der Waals surface area contributed by atoms with Crippen molar-refractivity contribution in [3.63, 3.8) is 0 Å². The second-order valence-electron chi connectivity index (χ2n) is 2.81. The number of H-pyrrole nitrogens is 1. The maximum Gasteiger partial charge on any atom is 0.267 e. The first-order valence-electron chi connectivity index (χ1n) is 4.15. The van der Waals surface area contributed by atoms with Crippen molar-refractivity contribution in [2.75, 3.05) is 0 Å². The first-order valence-corrected chi connectivity index (χ1v) is 4.15. The van der Waals surface area contributed by atoms with Crippen molar-refractivity contribution in [3.8, 4) is 11.7 Å². The molecule has 0 spiro atoms. The molecule has 1 N–H and O–H groups in total. The maximum atomic E-state index is 5.46. The summed E-state index contributed by atoms with van der Waals surface area (Å²) < 4.78 is 5.46. The van der Waals surface area contributed by atoms with Crippen LogP contribution in [0.4, 0.5) is 0 Å². The molecule has 2 aromatic heterocycles. The molecule has 5 heteroatoms. The minimum absolute atomic E-state index is 0.437. The van der Waals surface area contributed by atoms with Crippen molar-refractivity contribution in [1.29, 1.82) is 0 Å². The van der Waals surface area contributed by atoms with Crippen LogP contribution in [0.3, 0.4) is 0 Å². The van der Waals surface area contributed by atoms with E-state index in [-0.39, 0.29) is 0 Å². The van der Waals surface area contributed by atoms with E-state index in [1.54, 1.807) is 0 Å². The van der Waals surface area contributed by atoms with Gasteiger partial charge in [0.05, 0.1) is 0 Å². The van der Waals surface area contributed by atoms with E-state index in [0.717, 1.165) is 11.1 Å². The average molecular weight is 186 g/mol. The molecule has 0 aliphatic carbocycles. The third-order valence-electron chi connectivity index (χ3n) is 1.90. The highest BCUT2D eigenvalue weighted by molar-refractivity contribution is 5.74. The number of aromatic amines is 1. The Kier molecular flexibility index (Phi) is 1.38. The van der Waals surface area contributed by atoms with Gasteiger partial charge in [-0.3, -0.25) is 5.10 Å². The van der Waals surface area contributed by atoms with Gasteiger partial charge in [-0.2, -0.15) is 0 Å². The first kappa shape index (κ1) is 7.25. The number of nitrogens with zero attached hydrogens (tertiary/aromatic N) is 3. The second-order valence-corrected chi connectivity index (χ2v) is 2.81. The number of fused-ring (bicyclic) bond motifs is 1. The van der Waals surface area contributed by atoms with Gasteiger partial charge in [-0.1, -0.05) is 12.1 Å². The van der Waals surface area contributed by atoms with Gasteiger partial charge in [0.15, 0.2) is 5.58 Å². The van der Waals surface area contributed by atoms with Gasteiger partial charge in [0.25, 0.3) is 5.89 Å². The Bertz CT molecular complexity index is 522. The molecule has 0 saturated heterocycles. The lowest BCUT2D eigenvalue weighted by atomic mass is 10.3. The predicted molar refractivity (Wildman–Crippen MR) is 49.4 cm³/mol. The Hall–Kier alpha value is -2.17. The van der Waals surface area contributed by atoms with Crippen molar-refractivity contribution in [1.82, 2.24) is 20.2 Å². The number of rotatable bonds is 1. The van der Waals surface area contributed by atoms with Crippen LogP contribution in [0.5, 0.6) is 0 Å². The third kappa shape index (κ3) is 0.990. The summed E-state index contributed by atoms with van der Waals surface area (Å²) >= 11 is 0. The molecule has 0 bridgehead atoms. The molecular weight excluding hydrogens is 180 g/mol. The summed E-state index contributed by atoms with van der Waals surface area (Å²) in [6, 6.07) is 7.55. The highest BCUT2D eigenvalue weighted by Crippen LogP contribution is 2.20. The fraction of sp³-hybridized carbons (Fsp3) is 0. The molecule has 0 unspecified atom stereocenters. The quantitative estimate of drug-likeness (QED) is 0.626. The van der Waals surface area contributed by atoms with Gasteiger partial charge in [0.1, 0.15) is 11.8 Å². The van der Waals surface area contributed by atoms with Gasteiger partial charge < -0.3 is 4.42 Å². The molecular formula is C9H6N4O. The zero-order chi connectivity index (χ0) is 9.38. The van der Waals surface area contributed by atoms with Gasteiger partial charge in [0, 0.05) is 0 Å². The molecule has 0 aliphatic heterocycles. The molecule has 0 fully saturated rings. The molecule has 2 heterocycles. The van der Waals surface area contributed by atoms with E-state index in [2.05, 4.69) is 20.2 Å². The SMILES string of the molecule is c1ccc2oc(-c3nc[nH]n3)nc2c1. The second kappa shape index (κ2) is 2.66. The molecule has 14 heavy (non-hydrogen) atoms. The lowest BCUT2D eigenvalue weighted by Gasteiger charge is -1.81. The van der Waals surface area contributed by atoms with Gasteiger partial charge in [-0.15, -0.1) is 5.10 Å². The van der Waals surface area contributed by atoms with Crippen molar-refractivity contribution in [2.24, 2.45) is 0 Å². The van der Waals surface area contributed by atoms with Crippen LogP contribution in [0.2, 0.25) is 0 Å². The molecule has 68 valence electrons. The lowest BCUT2D eigenvalue weighted by Crippen LogP contribution is -1.78. The molecule has 0 atom stereocenters. The Balaban J connectivity index is 2.24. The minimum atomic E-state index is 0.437. The molecule has 0 amide bonds. The van der Waals surface area contributed by atoms with Crippen LogP contribution in [0.15, 0.2) is 35.0 Å². The molecule has 0 saturated carbocycles. The van der Waals surface area contributed by atoms with E-state index in [4.69, 9.17) is 4.42 Å². The summed E-state index contributed by atoms with van der Waals surface area (Å²) in [5.41, 5.74) is 1.56. The molecule has 5 nitrogen and oxygen atoms in total. The van der Waals surface area contributed by atoms with Crippen LogP contribution in [0.25, 0.3) is 22.8 Å². The van der Waals surface area contributed by atoms with Crippen molar-refractivity contribution in [3.05, 3.63) is 30.6 Å². The standard InChI is InChI=1S/C9H6N4O/c1-2-4-7-6(3-1)12-9(14-7)8-10-5-11-13-8/h1-5H,(H,10,11,13). The summed E-state index contributed by atoms with van der Waals surface area (Å²) in [6.07, 6.45) is 1.49. The smallest absolute Gasteiger partial charge is 0.267 e. The van der Waals surface area contributed by atoms with Crippen LogP contribution in [0, 0.1) is 0 Å². The summed E-state index contributed by atoms with van der Waals surface area (Å²) in [4.78, 5) is 8.20. The number of para-hydroxylation sites is 2. The number of nitrogens with one attached hydrogen (secondary N) is 1. The van der Waals surface area contributed by atoms with Crippen LogP contribution < -0.4 is 0 Å². The van der Waals surface area contributed by atoms with E-state index in [1.165, 1.54) is 6.33 Å². The first-order chi connectivity index (χ1) is 6.93. The molecule has 1 aromatic carbocycles. The Morgan fingerprint density at radius 2 is 2.14 bits per heavy atom. The normalized spacial score (nSPS) is 10.9. The molecule has 0 aliphatic rings. The molecule has 3 aromatic rings. The van der Waals surface area contributed by atoms with Crippen molar-refractivity contribution < 1.29 is 4.42 Å². The Labute approximate surface area is 78.8 Å². The van der Waals surface area contributed by atoms with Gasteiger partial charge >= 0.3 is 0 Å². The Morgan fingerprint density at radius 3 is 2.93 bits per heavy atom. The Morgan fingerprint density at radius 1 is 1.21 bits per heavy atom. The van der Waals surface area contributed by atoms with Crippen LogP contribution in [-0.4, -0.2) is 20.2 Å². The molecule has 3 rings (SSSR count). The highest BCUT2D eigenvalue weighted by Gasteiger charge is 2.09. The summed E-state index contributed by atoms with van der Waals surface area (Å²) in [5.74, 6) is 0.911. The van der Waals surface area contributed by atoms with Crippen LogP contribution >= 0.6 is 0 Å². The van der Waals surface area contributed by atoms with Gasteiger partial charge in [-0.25, -0.2) is 9.97 Å². The topological polar surface area (TPSA) is 67.6 Å². The number of hydrogen-bond donors (Lipinski definition) is 1. The monoisotopic (exact) mass is 186 g/mol. The minimum Gasteiger partial charge on any atom is -0.433 e. The van der Waals surface area contributed by atoms with E-state index in [0.29, 0.717) is 11.7 Å². The number of hydrogen-bond acceptors (Lipinski definition) is 4. The average Bonchev–Trinajstić information content (AvgIpc) is 2.86. The van der Waals surface area contributed by atoms with E-state index in [1.807, 2.05) is 24.3 Å². The van der Waals surface area contributed by atoms with Crippen molar-refractivity contribution >= 4 is 11.1 Å².